The highest BCUT2D eigenvalue weighted by atomic mass is 16.5. The SMILES string of the molecule is CC1(C)C(=O)NC(=O)N1CN1CCOCC1. The van der Waals surface area contributed by atoms with Crippen LogP contribution >= 0.6 is 0 Å². The third-order valence-electron chi connectivity index (χ3n) is 3.14. The Morgan fingerprint density at radius 1 is 1.31 bits per heavy atom. The first-order chi connectivity index (χ1) is 7.51. The third-order valence-corrected chi connectivity index (χ3v) is 3.14. The van der Waals surface area contributed by atoms with Crippen molar-refractivity contribution in [1.82, 2.24) is 15.1 Å². The minimum atomic E-state index is -0.755. The number of carbonyl (C=O) groups is 2. The molecule has 3 amide bonds. The van der Waals surface area contributed by atoms with Gasteiger partial charge in [-0.05, 0) is 13.8 Å². The van der Waals surface area contributed by atoms with Gasteiger partial charge in [0.25, 0.3) is 5.91 Å². The molecular weight excluding hydrogens is 210 g/mol. The van der Waals surface area contributed by atoms with Gasteiger partial charge in [-0.3, -0.25) is 19.9 Å². The van der Waals surface area contributed by atoms with Crippen LogP contribution in [0.2, 0.25) is 0 Å². The molecule has 0 radical (unpaired) electrons. The summed E-state index contributed by atoms with van der Waals surface area (Å²) in [6, 6.07) is -0.304. The van der Waals surface area contributed by atoms with Crippen molar-refractivity contribution in [3.8, 4) is 0 Å². The number of imide groups is 1. The summed E-state index contributed by atoms with van der Waals surface area (Å²) in [5.41, 5.74) is -0.755. The number of nitrogens with zero attached hydrogens (tertiary/aromatic N) is 2. The molecule has 6 heteroatoms. The van der Waals surface area contributed by atoms with Gasteiger partial charge in [0.2, 0.25) is 0 Å². The smallest absolute Gasteiger partial charge is 0.326 e. The van der Waals surface area contributed by atoms with Gasteiger partial charge in [-0.1, -0.05) is 0 Å². The molecule has 0 bridgehead atoms. The van der Waals surface area contributed by atoms with Crippen LogP contribution in [0, 0.1) is 0 Å². The van der Waals surface area contributed by atoms with Crippen molar-refractivity contribution in [3.63, 3.8) is 0 Å². The van der Waals surface area contributed by atoms with E-state index in [-0.39, 0.29) is 11.9 Å². The Bertz CT molecular complexity index is 310. The second kappa shape index (κ2) is 4.03. The van der Waals surface area contributed by atoms with E-state index in [1.165, 1.54) is 0 Å². The molecule has 0 aromatic carbocycles. The predicted octanol–water partition coefficient (Wildman–Crippen LogP) is -0.393. The van der Waals surface area contributed by atoms with Crippen LogP contribution < -0.4 is 5.32 Å². The van der Waals surface area contributed by atoms with Crippen molar-refractivity contribution in [2.75, 3.05) is 33.0 Å². The zero-order valence-electron chi connectivity index (χ0n) is 9.65. The number of ether oxygens (including phenoxy) is 1. The molecular formula is C10H17N3O3. The number of carbonyl (C=O) groups excluding carboxylic acids is 2. The average molecular weight is 227 g/mol. The molecule has 90 valence electrons. The summed E-state index contributed by atoms with van der Waals surface area (Å²) >= 11 is 0. The van der Waals surface area contributed by atoms with Crippen LogP contribution in [0.25, 0.3) is 0 Å². The topological polar surface area (TPSA) is 61.9 Å². The van der Waals surface area contributed by atoms with Gasteiger partial charge < -0.3 is 4.74 Å². The van der Waals surface area contributed by atoms with Gasteiger partial charge in [0, 0.05) is 13.1 Å². The summed E-state index contributed by atoms with van der Waals surface area (Å²) in [5.74, 6) is -0.231. The molecule has 0 aromatic heterocycles. The maximum Gasteiger partial charge on any atom is 0.326 e. The first-order valence-electron chi connectivity index (χ1n) is 5.45. The molecule has 0 atom stereocenters. The molecule has 2 aliphatic heterocycles. The molecule has 0 aliphatic carbocycles. The van der Waals surface area contributed by atoms with Crippen LogP contribution in [0.3, 0.4) is 0 Å². The number of hydrogen-bond donors (Lipinski definition) is 1. The Hall–Kier alpha value is -1.14. The minimum absolute atomic E-state index is 0.231. The van der Waals surface area contributed by atoms with Gasteiger partial charge in [-0.2, -0.15) is 0 Å². The lowest BCUT2D eigenvalue weighted by Crippen LogP contribution is -2.51. The largest absolute Gasteiger partial charge is 0.379 e. The Labute approximate surface area is 94.5 Å². The summed E-state index contributed by atoms with van der Waals surface area (Å²) in [6.45, 7) is 6.96. The maximum absolute atomic E-state index is 11.6. The van der Waals surface area contributed by atoms with Crippen molar-refractivity contribution in [2.45, 2.75) is 19.4 Å². The monoisotopic (exact) mass is 227 g/mol. The third kappa shape index (κ3) is 1.90. The number of hydrogen-bond acceptors (Lipinski definition) is 4. The van der Waals surface area contributed by atoms with E-state index in [4.69, 9.17) is 4.74 Å². The van der Waals surface area contributed by atoms with Crippen molar-refractivity contribution >= 4 is 11.9 Å². The Balaban J connectivity index is 2.02. The second-order valence-electron chi connectivity index (χ2n) is 4.62. The minimum Gasteiger partial charge on any atom is -0.379 e. The average Bonchev–Trinajstić information content (AvgIpc) is 2.43. The van der Waals surface area contributed by atoms with Gasteiger partial charge in [0.05, 0.1) is 19.9 Å². The molecule has 0 aromatic rings. The summed E-state index contributed by atoms with van der Waals surface area (Å²) in [5, 5.41) is 2.34. The van der Waals surface area contributed by atoms with Crippen molar-refractivity contribution < 1.29 is 14.3 Å². The molecule has 1 N–H and O–H groups in total. The summed E-state index contributed by atoms with van der Waals surface area (Å²) in [6.07, 6.45) is 0. The van der Waals surface area contributed by atoms with E-state index in [0.717, 1.165) is 13.1 Å². The lowest BCUT2D eigenvalue weighted by molar-refractivity contribution is -0.125. The fraction of sp³-hybridized carbons (Fsp3) is 0.800. The Morgan fingerprint density at radius 2 is 1.94 bits per heavy atom. The number of urea groups is 1. The zero-order chi connectivity index (χ0) is 11.8. The van der Waals surface area contributed by atoms with Gasteiger partial charge in [-0.25, -0.2) is 4.79 Å². The molecule has 2 saturated heterocycles. The molecule has 2 aliphatic rings. The van der Waals surface area contributed by atoms with E-state index in [1.54, 1.807) is 18.7 Å². The fourth-order valence-corrected chi connectivity index (χ4v) is 1.88. The number of amides is 3. The highest BCUT2D eigenvalue weighted by Crippen LogP contribution is 2.21. The summed E-state index contributed by atoms with van der Waals surface area (Å²) in [7, 11) is 0. The molecule has 0 unspecified atom stereocenters. The van der Waals surface area contributed by atoms with Crippen LogP contribution in [-0.2, 0) is 9.53 Å². The summed E-state index contributed by atoms with van der Waals surface area (Å²) < 4.78 is 5.24. The normalized spacial score (nSPS) is 26.0. The van der Waals surface area contributed by atoms with E-state index in [9.17, 15) is 9.59 Å². The van der Waals surface area contributed by atoms with E-state index in [2.05, 4.69) is 10.2 Å². The van der Waals surface area contributed by atoms with Gasteiger partial charge in [0.1, 0.15) is 5.54 Å². The van der Waals surface area contributed by atoms with Crippen molar-refractivity contribution in [1.29, 1.82) is 0 Å². The second-order valence-corrected chi connectivity index (χ2v) is 4.62. The zero-order valence-corrected chi connectivity index (χ0v) is 9.65. The molecule has 0 spiro atoms. The van der Waals surface area contributed by atoms with E-state index >= 15 is 0 Å². The van der Waals surface area contributed by atoms with Crippen LogP contribution in [0.1, 0.15) is 13.8 Å². The van der Waals surface area contributed by atoms with Gasteiger partial charge in [0.15, 0.2) is 0 Å². The molecule has 2 rings (SSSR count). The highest BCUT2D eigenvalue weighted by Gasteiger charge is 2.45. The summed E-state index contributed by atoms with van der Waals surface area (Å²) in [4.78, 5) is 26.8. The van der Waals surface area contributed by atoms with Gasteiger partial charge in [-0.15, -0.1) is 0 Å². The molecule has 2 fully saturated rings. The Kier molecular flexibility index (Phi) is 2.86. The standard InChI is InChI=1S/C10H17N3O3/c1-10(2)8(14)11-9(15)13(10)7-12-3-5-16-6-4-12/h3-7H2,1-2H3,(H,11,14,15). The maximum atomic E-state index is 11.6. The lowest BCUT2D eigenvalue weighted by atomic mass is 10.1. The van der Waals surface area contributed by atoms with Crippen molar-refractivity contribution in [2.24, 2.45) is 0 Å². The van der Waals surface area contributed by atoms with Gasteiger partial charge >= 0.3 is 6.03 Å². The number of nitrogens with one attached hydrogen (secondary N) is 1. The molecule has 16 heavy (non-hydrogen) atoms. The molecule has 6 nitrogen and oxygen atoms in total. The highest BCUT2D eigenvalue weighted by molar-refractivity contribution is 6.06. The number of morpholine rings is 1. The van der Waals surface area contributed by atoms with Crippen LogP contribution in [0.15, 0.2) is 0 Å². The first kappa shape index (κ1) is 11.3. The Morgan fingerprint density at radius 3 is 2.44 bits per heavy atom. The van der Waals surface area contributed by atoms with E-state index in [0.29, 0.717) is 19.9 Å². The first-order valence-corrected chi connectivity index (χ1v) is 5.45. The van der Waals surface area contributed by atoms with Crippen LogP contribution in [-0.4, -0.2) is 60.2 Å². The molecule has 2 heterocycles. The van der Waals surface area contributed by atoms with E-state index in [1.807, 2.05) is 0 Å². The van der Waals surface area contributed by atoms with Crippen LogP contribution in [0.4, 0.5) is 4.79 Å². The molecule has 0 saturated carbocycles. The van der Waals surface area contributed by atoms with Crippen LogP contribution in [0.5, 0.6) is 0 Å². The predicted molar refractivity (Wildman–Crippen MR) is 56.7 cm³/mol. The number of rotatable bonds is 2. The fourth-order valence-electron chi connectivity index (χ4n) is 1.88. The van der Waals surface area contributed by atoms with E-state index < -0.39 is 5.54 Å². The van der Waals surface area contributed by atoms with Crippen molar-refractivity contribution in [3.05, 3.63) is 0 Å². The lowest BCUT2D eigenvalue weighted by Gasteiger charge is -2.35. The quantitative estimate of drug-likeness (QED) is 0.652.